The summed E-state index contributed by atoms with van der Waals surface area (Å²) in [6.07, 6.45) is 37.8. The number of ketones is 2. The second-order valence-corrected chi connectivity index (χ2v) is 60.0. The molecule has 5 heterocycles. The van der Waals surface area contributed by atoms with Crippen LogP contribution in [0.15, 0.2) is 122 Å². The average Bonchev–Trinajstić information content (AvgIpc) is 0.799. The van der Waals surface area contributed by atoms with Crippen LogP contribution in [0.1, 0.15) is 334 Å². The first-order chi connectivity index (χ1) is 69.6. The van der Waals surface area contributed by atoms with Crippen LogP contribution in [0.4, 0.5) is 31.7 Å². The molecule has 5 saturated carbocycles. The van der Waals surface area contributed by atoms with Crippen molar-refractivity contribution in [3.05, 3.63) is 178 Å². The van der Waals surface area contributed by atoms with Crippen LogP contribution < -0.4 is 19.6 Å². The SMILES string of the molecule is CC(C)S(=O)(=O)CC1CCC(CCc2cc(F)c(N3C[C@@H](C)O[C@@H](C)C3)c(F)c2)CC1.CC(C)S(=O)(=O)CC1CCC(CCc2ccc(C(=O)c3ccccc3)cc2)CC1.CC(C)S(=O)(=O)CC1CCC(CCc2ccc(N3CCC(=O)CC3)cc2)CC1.CC(C)S(=O)(=O)CC1CCC(CCc2cnc(N3C[C@@H](C)O[C@@H](C)C3)cn2)CC1.Cc1cc(CCC2CCC(CS(=O)(=O)C(C)C)CC2)ccc1N1C[C@@H](C)O[C@@H](C)C1. The van der Waals surface area contributed by atoms with Gasteiger partial charge < -0.3 is 33.8 Å². The predicted molar refractivity (Wildman–Crippen MR) is 599 cm³/mol. The molecule has 0 N–H and O–H groups in total. The highest BCUT2D eigenvalue weighted by Gasteiger charge is 2.37. The van der Waals surface area contributed by atoms with Crippen molar-refractivity contribution >= 4 is 83.6 Å². The second kappa shape index (κ2) is 56.9. The first kappa shape index (κ1) is 120. The summed E-state index contributed by atoms with van der Waals surface area (Å²) in [7, 11) is -14.7. The number of sulfone groups is 5. The molecule has 0 spiro atoms. The summed E-state index contributed by atoms with van der Waals surface area (Å²) in [4.78, 5) is 41.9. The van der Waals surface area contributed by atoms with E-state index in [1.54, 1.807) is 74.1 Å². The number of ether oxygens (including phenoxy) is 3. The molecule has 6 aromatic rings. The van der Waals surface area contributed by atoms with E-state index in [0.29, 0.717) is 108 Å². The summed E-state index contributed by atoms with van der Waals surface area (Å²) < 4.78 is 168. The quantitative estimate of drug-likeness (QED) is 0.0331. The number of nitrogens with zero attached hydrogens (tertiary/aromatic N) is 6. The summed E-state index contributed by atoms with van der Waals surface area (Å²) in [5, 5.41) is -1.34. The highest BCUT2D eigenvalue weighted by atomic mass is 32.2. The molecule has 15 rings (SSSR count). The van der Waals surface area contributed by atoms with Crippen LogP contribution in [-0.2, 0) is 100 Å². The van der Waals surface area contributed by atoms with Crippen molar-refractivity contribution in [2.24, 2.45) is 59.2 Å². The lowest BCUT2D eigenvalue weighted by Crippen LogP contribution is -2.46. The van der Waals surface area contributed by atoms with E-state index in [4.69, 9.17) is 14.2 Å². The van der Waals surface area contributed by atoms with Gasteiger partial charge in [0, 0.05) is 87.7 Å². The number of Topliss-reactive ketones (excluding diaryl/α,β-unsaturated/α-hetero) is 1. The van der Waals surface area contributed by atoms with Crippen molar-refractivity contribution in [3.8, 4) is 0 Å². The second-order valence-electron chi connectivity index (χ2n) is 47.0. The van der Waals surface area contributed by atoms with Crippen molar-refractivity contribution in [1.29, 1.82) is 0 Å². The van der Waals surface area contributed by atoms with Crippen LogP contribution in [0.25, 0.3) is 0 Å². The molecule has 0 bridgehead atoms. The first-order valence-electron chi connectivity index (χ1n) is 56.3. The molecule has 822 valence electrons. The fraction of sp³-hybridized carbons (Fsp3) is 0.697. The normalized spacial score (nSPS) is 25.7. The molecule has 147 heavy (non-hydrogen) atoms. The van der Waals surface area contributed by atoms with Gasteiger partial charge in [-0.15, -0.1) is 0 Å². The largest absolute Gasteiger partial charge is 0.372 e. The third kappa shape index (κ3) is 38.7. The Kier molecular flexibility index (Phi) is 46.6. The maximum atomic E-state index is 14.8. The highest BCUT2D eigenvalue weighted by molar-refractivity contribution is 7.93. The van der Waals surface area contributed by atoms with Gasteiger partial charge >= 0.3 is 0 Å². The third-order valence-corrected chi connectivity index (χ3v) is 44.9. The number of carbonyl (C=O) groups excluding carboxylic acids is 2. The van der Waals surface area contributed by atoms with Gasteiger partial charge in [-0.3, -0.25) is 14.6 Å². The van der Waals surface area contributed by atoms with E-state index >= 15 is 0 Å². The molecule has 9 aliphatic rings. The zero-order valence-electron chi connectivity index (χ0n) is 92.1. The minimum Gasteiger partial charge on any atom is -0.372 e. The first-order valence-corrected chi connectivity index (χ1v) is 64.9. The van der Waals surface area contributed by atoms with Gasteiger partial charge in [-0.2, -0.15) is 0 Å². The van der Waals surface area contributed by atoms with Crippen molar-refractivity contribution in [1.82, 2.24) is 9.97 Å². The van der Waals surface area contributed by atoms with Crippen LogP contribution in [0.5, 0.6) is 0 Å². The molecule has 0 unspecified atom stereocenters. The number of piperidine rings is 1. The zero-order chi connectivity index (χ0) is 107. The van der Waals surface area contributed by atoms with E-state index in [1.807, 2.05) is 68.7 Å². The van der Waals surface area contributed by atoms with Crippen molar-refractivity contribution in [2.75, 3.05) is 101 Å². The maximum absolute atomic E-state index is 14.8. The Bertz CT molecular complexity index is 5580. The van der Waals surface area contributed by atoms with Gasteiger partial charge in [-0.25, -0.2) is 55.9 Å². The lowest BCUT2D eigenvalue weighted by atomic mass is 9.80. The minimum absolute atomic E-state index is 0.0534. The summed E-state index contributed by atoms with van der Waals surface area (Å²) in [5.41, 5.74) is 11.2. The lowest BCUT2D eigenvalue weighted by molar-refractivity contribution is -0.119. The van der Waals surface area contributed by atoms with E-state index in [9.17, 15) is 60.5 Å². The van der Waals surface area contributed by atoms with Crippen LogP contribution in [0.3, 0.4) is 0 Å². The number of hydrogen-bond donors (Lipinski definition) is 0. The number of aromatic nitrogens is 2. The Labute approximate surface area is 885 Å². The van der Waals surface area contributed by atoms with Crippen LogP contribution in [0, 0.1) is 77.7 Å². The van der Waals surface area contributed by atoms with Crippen molar-refractivity contribution in [2.45, 2.75) is 386 Å². The third-order valence-electron chi connectivity index (χ3n) is 33.1. The summed E-state index contributed by atoms with van der Waals surface area (Å²) in [6, 6.07) is 36.1. The fourth-order valence-corrected chi connectivity index (χ4v) is 30.3. The van der Waals surface area contributed by atoms with E-state index in [1.165, 1.54) is 71.4 Å². The molecule has 9 fully saturated rings. The number of rotatable bonds is 36. The molecule has 5 aliphatic carbocycles. The van der Waals surface area contributed by atoms with Gasteiger partial charge in [-0.1, -0.05) is 143 Å². The molecule has 1 aromatic heterocycles. The highest BCUT2D eigenvalue weighted by Crippen LogP contribution is 2.41. The summed E-state index contributed by atoms with van der Waals surface area (Å²) in [5.74, 6) is 7.11. The Morgan fingerprint density at radius 3 is 0.973 bits per heavy atom. The van der Waals surface area contributed by atoms with Gasteiger partial charge in [0.15, 0.2) is 55.0 Å². The molecular weight excluding hydrogens is 1950 g/mol. The molecule has 4 aliphatic heterocycles. The molecule has 4 saturated heterocycles. The monoisotopic (exact) mass is 2130 g/mol. The van der Waals surface area contributed by atoms with Gasteiger partial charge in [0.2, 0.25) is 0 Å². The van der Waals surface area contributed by atoms with Gasteiger partial charge in [-0.05, 0) is 363 Å². The summed E-state index contributed by atoms with van der Waals surface area (Å²) in [6.45, 7) is 38.6. The maximum Gasteiger partial charge on any atom is 0.193 e. The molecule has 28 heteroatoms. The van der Waals surface area contributed by atoms with Gasteiger partial charge in [0.05, 0.1) is 110 Å². The molecule has 21 nitrogen and oxygen atoms in total. The number of anilines is 4. The Morgan fingerprint density at radius 1 is 0.340 bits per heavy atom. The van der Waals surface area contributed by atoms with E-state index < -0.39 is 60.8 Å². The number of benzene rings is 5. The predicted octanol–water partition coefficient (Wildman–Crippen LogP) is 23.9. The minimum atomic E-state index is -3.00. The topological polar surface area (TPSA) is 271 Å². The molecule has 6 atom stereocenters. The van der Waals surface area contributed by atoms with E-state index in [2.05, 4.69) is 114 Å². The molecule has 0 radical (unpaired) electrons. The summed E-state index contributed by atoms with van der Waals surface area (Å²) >= 11 is 0. The number of aryl methyl sites for hydroxylation is 6. The standard InChI is InChI=1S/C25H41NO3S.C25H32O3S.C24H37F2NO3S.C23H35NO3S.C22H37N3O3S/c1-18(2)30(27,28)17-24-10-7-22(8-11-24)6-9-23-12-13-25(19(3)14-23)26-15-20(4)29-21(5)16-26;1-19(2)29(27,28)18-22-12-10-20(11-13-22)8-9-21-14-16-24(17-15-21)25(26)23-6-4-3-5-7-23;1-16(2)31(28,29)15-20-8-5-19(6-9-20)7-10-21-11-22(25)24(23(26)12-21)27-13-17(3)30-18(4)14-27;1-18(2)28(26,27)17-21-7-5-19(6-8-21)3-4-20-9-11-22(12-10-20)24-15-13-23(25)14-16-24;1-16(2)29(26,27)15-20-7-5-19(6-8-20)9-10-21-11-24-22(12-23-21)25-13-17(3)28-18(4)14-25/h12-14,18,20-22,24H,6-11,15-17H2,1-5H3;3-7,14-17,19-20,22H,8-13,18H2,1-2H3;11-12,16-20H,5-10,13-15H2,1-4H3;9-12,18-19,21H,3-8,13-17H2,1-2H3;11-12,16-20H,5-10,13-15H2,1-4H3/t20-,21+,22?,24?;;17-,18+,19?,20?;;17-,18+,19?,20?. The lowest BCUT2D eigenvalue weighted by Gasteiger charge is -2.37. The molecular formula is C119H182F2N6O15S5. The fourth-order valence-electron chi connectivity index (χ4n) is 23.4. The van der Waals surface area contributed by atoms with Crippen molar-refractivity contribution < 1.29 is 74.7 Å². The van der Waals surface area contributed by atoms with Crippen LogP contribution in [0.2, 0.25) is 0 Å². The smallest absolute Gasteiger partial charge is 0.193 e. The zero-order valence-corrected chi connectivity index (χ0v) is 96.2. The number of morpholine rings is 3. The van der Waals surface area contributed by atoms with E-state index in [0.717, 1.165) is 234 Å². The van der Waals surface area contributed by atoms with Crippen LogP contribution in [-0.4, -0.2) is 208 Å². The number of halogens is 2. The molecule has 0 amide bonds. The van der Waals surface area contributed by atoms with Crippen LogP contribution >= 0.6 is 0 Å². The Morgan fingerprint density at radius 2 is 0.639 bits per heavy atom. The number of hydrogen-bond acceptors (Lipinski definition) is 21. The van der Waals surface area contributed by atoms with Crippen molar-refractivity contribution in [3.63, 3.8) is 0 Å². The Balaban J connectivity index is 0.000000175. The molecule has 5 aromatic carbocycles. The Hall–Kier alpha value is -6.79. The van der Waals surface area contributed by atoms with Gasteiger partial charge in [0.1, 0.15) is 28.9 Å². The van der Waals surface area contributed by atoms with E-state index in [-0.39, 0.29) is 86.0 Å². The average molecular weight is 2140 g/mol. The van der Waals surface area contributed by atoms with Gasteiger partial charge in [0.25, 0.3) is 0 Å². The number of carbonyl (C=O) groups is 2.